The van der Waals surface area contributed by atoms with E-state index >= 15 is 0 Å². The van der Waals surface area contributed by atoms with Gasteiger partial charge in [0.15, 0.2) is 0 Å². The quantitative estimate of drug-likeness (QED) is 0.172. The van der Waals surface area contributed by atoms with E-state index in [4.69, 9.17) is 0 Å². The van der Waals surface area contributed by atoms with Gasteiger partial charge in [0.05, 0.1) is 29.3 Å². The summed E-state index contributed by atoms with van der Waals surface area (Å²) in [4.78, 5) is 16.6. The van der Waals surface area contributed by atoms with Crippen molar-refractivity contribution in [1.82, 2.24) is 17.7 Å². The Morgan fingerprint density at radius 2 is 1.86 bits per heavy atom. The number of hydrogen-bond acceptors (Lipinski definition) is 6. The van der Waals surface area contributed by atoms with E-state index < -0.39 is 15.9 Å². The number of carbonyl (C=O) groups excluding carboxylic acids is 1. The number of nitrogens with zero attached hydrogens (tertiary/aromatic N) is 3. The smallest absolute Gasteiger partial charge is 0.268 e. The zero-order chi connectivity index (χ0) is 26.9. The van der Waals surface area contributed by atoms with Gasteiger partial charge in [-0.3, -0.25) is 4.79 Å². The van der Waals surface area contributed by atoms with Crippen LogP contribution in [0.5, 0.6) is 5.75 Å². The molecule has 0 aliphatic carbocycles. The van der Waals surface area contributed by atoms with Crippen molar-refractivity contribution in [3.05, 3.63) is 58.2 Å². The van der Waals surface area contributed by atoms with E-state index in [-0.39, 0.29) is 17.1 Å². The van der Waals surface area contributed by atoms with Crippen molar-refractivity contribution in [2.24, 2.45) is 0 Å². The molecular formula is C26H37IN4O4S. The lowest BCUT2D eigenvalue weighted by atomic mass is 10.0. The summed E-state index contributed by atoms with van der Waals surface area (Å²) in [6, 6.07) is 3.53. The lowest BCUT2D eigenvalue weighted by Gasteiger charge is -2.16. The molecule has 2 N–H and O–H groups in total. The van der Waals surface area contributed by atoms with E-state index in [1.165, 1.54) is 8.47 Å². The van der Waals surface area contributed by atoms with E-state index in [1.807, 2.05) is 35.9 Å². The average molecular weight is 629 g/mol. The number of unbranched alkanes of at least 4 members (excludes halogenated alkanes) is 2. The standard InChI is InChI=1S/C26H37IN4O4S/c1-6-7-8-12-22-16-15-21(14-13-19(4)11-9-10-18(2)3)25(33)26(22)36(34,35)30-24(32)17-23-28-20(5)29-31(23)27/h10,13,15-16,33H,6-9,11-12,14,17H2,1-5H3,(H,30,32)/b19-13+. The van der Waals surface area contributed by atoms with Crippen LogP contribution in [0.15, 0.2) is 40.3 Å². The van der Waals surface area contributed by atoms with Crippen LogP contribution in [0.4, 0.5) is 0 Å². The Morgan fingerprint density at radius 3 is 2.47 bits per heavy atom. The molecule has 36 heavy (non-hydrogen) atoms. The predicted octanol–water partition coefficient (Wildman–Crippen LogP) is 5.51. The zero-order valence-electron chi connectivity index (χ0n) is 21.8. The largest absolute Gasteiger partial charge is 0.506 e. The van der Waals surface area contributed by atoms with Crippen molar-refractivity contribution in [2.75, 3.05) is 0 Å². The van der Waals surface area contributed by atoms with Gasteiger partial charge in [-0.25, -0.2) is 18.1 Å². The Labute approximate surface area is 228 Å². The maximum Gasteiger partial charge on any atom is 0.268 e. The number of sulfonamides is 1. The Balaban J connectivity index is 2.32. The summed E-state index contributed by atoms with van der Waals surface area (Å²) < 4.78 is 30.2. The molecule has 1 aromatic heterocycles. The van der Waals surface area contributed by atoms with Crippen LogP contribution >= 0.6 is 22.9 Å². The third-order valence-electron chi connectivity index (χ3n) is 5.68. The Kier molecular flexibility index (Phi) is 11.6. The first kappa shape index (κ1) is 30.0. The number of amides is 1. The molecule has 0 radical (unpaired) electrons. The number of hydrogen-bond donors (Lipinski definition) is 2. The third-order valence-corrected chi connectivity index (χ3v) is 7.94. The summed E-state index contributed by atoms with van der Waals surface area (Å²) in [6.07, 6.45) is 9.36. The second-order valence-electron chi connectivity index (χ2n) is 9.23. The fourth-order valence-corrected chi connectivity index (χ4v) is 5.74. The monoisotopic (exact) mass is 628 g/mol. The topological polar surface area (TPSA) is 114 Å². The molecule has 1 aromatic carbocycles. The van der Waals surface area contributed by atoms with E-state index in [1.54, 1.807) is 19.1 Å². The number of aryl methyl sites for hydroxylation is 2. The van der Waals surface area contributed by atoms with Crippen molar-refractivity contribution in [2.45, 2.75) is 90.9 Å². The minimum atomic E-state index is -4.31. The fraction of sp³-hybridized carbons (Fsp3) is 0.500. The number of aromatic nitrogens is 3. The van der Waals surface area contributed by atoms with Gasteiger partial charge < -0.3 is 5.11 Å². The molecule has 10 heteroatoms. The van der Waals surface area contributed by atoms with Crippen molar-refractivity contribution in [3.8, 4) is 5.75 Å². The van der Waals surface area contributed by atoms with Gasteiger partial charge in [0.2, 0.25) is 5.91 Å². The molecular weight excluding hydrogens is 591 g/mol. The minimum Gasteiger partial charge on any atom is -0.506 e. The van der Waals surface area contributed by atoms with Gasteiger partial charge in [-0.2, -0.15) is 2.90 Å². The number of halogens is 1. The lowest BCUT2D eigenvalue weighted by molar-refractivity contribution is -0.118. The van der Waals surface area contributed by atoms with Crippen LogP contribution in [0.3, 0.4) is 0 Å². The Morgan fingerprint density at radius 1 is 1.17 bits per heavy atom. The van der Waals surface area contributed by atoms with Crippen LogP contribution in [-0.4, -0.2) is 32.4 Å². The van der Waals surface area contributed by atoms with Crippen LogP contribution in [0.1, 0.15) is 82.6 Å². The first-order chi connectivity index (χ1) is 16.9. The molecule has 0 aliphatic rings. The number of phenols is 1. The first-order valence-corrected chi connectivity index (χ1v) is 14.7. The van der Waals surface area contributed by atoms with Gasteiger partial charge in [0.1, 0.15) is 22.3 Å². The van der Waals surface area contributed by atoms with Crippen molar-refractivity contribution < 1.29 is 18.3 Å². The lowest BCUT2D eigenvalue weighted by Crippen LogP contribution is -2.33. The van der Waals surface area contributed by atoms with Crippen LogP contribution in [0.25, 0.3) is 0 Å². The number of carbonyl (C=O) groups is 1. The van der Waals surface area contributed by atoms with E-state index in [0.29, 0.717) is 35.6 Å². The molecule has 0 atom stereocenters. The number of benzene rings is 1. The highest BCUT2D eigenvalue weighted by Gasteiger charge is 2.27. The van der Waals surface area contributed by atoms with Crippen LogP contribution in [0.2, 0.25) is 0 Å². The van der Waals surface area contributed by atoms with Crippen molar-refractivity contribution >= 4 is 38.8 Å². The Bertz CT molecular complexity index is 1230. The van der Waals surface area contributed by atoms with Gasteiger partial charge in [-0.05, 0) is 70.9 Å². The SMILES string of the molecule is CCCCCc1ccc(C/C=C(\C)CCC=C(C)C)c(O)c1S(=O)(=O)NC(=O)Cc1nc(C)nn1I. The molecule has 0 unspecified atom stereocenters. The molecule has 8 nitrogen and oxygen atoms in total. The summed E-state index contributed by atoms with van der Waals surface area (Å²) in [6.45, 7) is 9.91. The molecule has 2 aromatic rings. The average Bonchev–Trinajstić information content (AvgIpc) is 3.08. The number of phenolic OH excluding ortho intramolecular Hbond substituents is 1. The summed E-state index contributed by atoms with van der Waals surface area (Å²) in [7, 11) is -4.31. The highest BCUT2D eigenvalue weighted by Crippen LogP contribution is 2.32. The van der Waals surface area contributed by atoms with Crippen molar-refractivity contribution in [3.63, 3.8) is 0 Å². The molecule has 0 fully saturated rings. The number of allylic oxidation sites excluding steroid dienone is 4. The normalized spacial score (nSPS) is 12.0. The maximum absolute atomic E-state index is 13.3. The Hall–Kier alpha value is -2.21. The summed E-state index contributed by atoms with van der Waals surface area (Å²) in [5.41, 5.74) is 3.44. The van der Waals surface area contributed by atoms with E-state index in [0.717, 1.165) is 37.7 Å². The van der Waals surface area contributed by atoms with Gasteiger partial charge in [-0.1, -0.05) is 55.2 Å². The molecule has 0 saturated carbocycles. The second kappa shape index (κ2) is 13.9. The van der Waals surface area contributed by atoms with Crippen LogP contribution in [-0.2, 0) is 34.1 Å². The number of rotatable bonds is 13. The number of nitrogens with one attached hydrogen (secondary N) is 1. The zero-order valence-corrected chi connectivity index (χ0v) is 24.7. The molecule has 0 aliphatic heterocycles. The molecule has 1 heterocycles. The molecule has 0 saturated heterocycles. The highest BCUT2D eigenvalue weighted by molar-refractivity contribution is 14.1. The maximum atomic E-state index is 13.3. The third kappa shape index (κ3) is 9.02. The number of aromatic hydroxyl groups is 1. The first-order valence-electron chi connectivity index (χ1n) is 12.2. The highest BCUT2D eigenvalue weighted by atomic mass is 127. The molecule has 0 bridgehead atoms. The van der Waals surface area contributed by atoms with Crippen LogP contribution < -0.4 is 4.72 Å². The van der Waals surface area contributed by atoms with Crippen LogP contribution in [0, 0.1) is 6.92 Å². The van der Waals surface area contributed by atoms with Gasteiger partial charge in [0.25, 0.3) is 10.0 Å². The fourth-order valence-electron chi connectivity index (χ4n) is 3.78. The molecule has 198 valence electrons. The van der Waals surface area contributed by atoms with E-state index in [9.17, 15) is 18.3 Å². The summed E-state index contributed by atoms with van der Waals surface area (Å²) >= 11 is 1.89. The van der Waals surface area contributed by atoms with Crippen molar-refractivity contribution in [1.29, 1.82) is 0 Å². The second-order valence-corrected chi connectivity index (χ2v) is 11.8. The summed E-state index contributed by atoms with van der Waals surface area (Å²) in [5, 5.41) is 15.2. The van der Waals surface area contributed by atoms with Gasteiger partial charge in [-0.15, -0.1) is 5.10 Å². The molecule has 2 rings (SSSR count). The molecule has 0 spiro atoms. The summed E-state index contributed by atoms with van der Waals surface area (Å²) in [5.74, 6) is -0.205. The minimum absolute atomic E-state index is 0.216. The van der Waals surface area contributed by atoms with E-state index in [2.05, 4.69) is 41.7 Å². The molecule has 1 amide bonds. The van der Waals surface area contributed by atoms with Gasteiger partial charge in [0, 0.05) is 0 Å². The predicted molar refractivity (Wildman–Crippen MR) is 151 cm³/mol. The van der Waals surface area contributed by atoms with Gasteiger partial charge >= 0.3 is 0 Å².